The molecular formula is C16H23NO3S. The number of nitrogens with one attached hydrogen (secondary N) is 1. The summed E-state index contributed by atoms with van der Waals surface area (Å²) in [6.07, 6.45) is 2.51. The van der Waals surface area contributed by atoms with Gasteiger partial charge >= 0.3 is 5.97 Å². The normalized spacial score (nSPS) is 11.9. The number of hydrogen-bond donors (Lipinski definition) is 2. The summed E-state index contributed by atoms with van der Waals surface area (Å²) in [5.41, 5.74) is 1.21. The van der Waals surface area contributed by atoms with Gasteiger partial charge in [0.2, 0.25) is 5.91 Å². The SMILES string of the molecule is Cc1ccc(SC(C)C(=O)NCCCCCC(=O)O)cc1. The van der Waals surface area contributed by atoms with Crippen molar-refractivity contribution >= 4 is 23.6 Å². The third kappa shape index (κ3) is 7.75. The van der Waals surface area contributed by atoms with E-state index in [0.29, 0.717) is 13.0 Å². The summed E-state index contributed by atoms with van der Waals surface area (Å²) in [7, 11) is 0. The molecule has 1 aromatic carbocycles. The number of benzene rings is 1. The lowest BCUT2D eigenvalue weighted by atomic mass is 10.2. The van der Waals surface area contributed by atoms with Crippen LogP contribution in [-0.4, -0.2) is 28.8 Å². The van der Waals surface area contributed by atoms with Crippen molar-refractivity contribution in [2.24, 2.45) is 0 Å². The molecule has 2 N–H and O–H groups in total. The Morgan fingerprint density at radius 1 is 1.19 bits per heavy atom. The lowest BCUT2D eigenvalue weighted by Gasteiger charge is -2.12. The predicted molar refractivity (Wildman–Crippen MR) is 85.6 cm³/mol. The van der Waals surface area contributed by atoms with Crippen molar-refractivity contribution in [1.29, 1.82) is 0 Å². The van der Waals surface area contributed by atoms with Gasteiger partial charge in [-0.25, -0.2) is 0 Å². The van der Waals surface area contributed by atoms with Gasteiger partial charge in [-0.2, -0.15) is 0 Å². The van der Waals surface area contributed by atoms with E-state index in [2.05, 4.69) is 5.32 Å². The summed E-state index contributed by atoms with van der Waals surface area (Å²) in [6, 6.07) is 8.12. The standard InChI is InChI=1S/C16H23NO3S/c1-12-7-9-14(10-8-12)21-13(2)16(20)17-11-5-3-4-6-15(18)19/h7-10,13H,3-6,11H2,1-2H3,(H,17,20)(H,18,19). The number of unbranched alkanes of at least 4 members (excludes halogenated alkanes) is 2. The molecule has 1 unspecified atom stereocenters. The molecule has 0 saturated carbocycles. The number of carbonyl (C=O) groups is 2. The molecule has 4 nitrogen and oxygen atoms in total. The fourth-order valence-electron chi connectivity index (χ4n) is 1.81. The predicted octanol–water partition coefficient (Wildman–Crippen LogP) is 3.24. The van der Waals surface area contributed by atoms with Crippen molar-refractivity contribution in [3.05, 3.63) is 29.8 Å². The van der Waals surface area contributed by atoms with Gasteiger partial charge in [0.05, 0.1) is 5.25 Å². The number of carboxylic acids is 1. The Morgan fingerprint density at radius 2 is 1.86 bits per heavy atom. The van der Waals surface area contributed by atoms with Crippen LogP contribution in [0.1, 0.15) is 38.2 Å². The number of thioether (sulfide) groups is 1. The molecule has 116 valence electrons. The maximum Gasteiger partial charge on any atom is 0.303 e. The van der Waals surface area contributed by atoms with Crippen LogP contribution in [0.25, 0.3) is 0 Å². The highest BCUT2D eigenvalue weighted by Crippen LogP contribution is 2.23. The molecule has 0 spiro atoms. The second-order valence-corrected chi connectivity index (χ2v) is 6.48. The van der Waals surface area contributed by atoms with Gasteiger partial charge < -0.3 is 10.4 Å². The molecule has 0 radical (unpaired) electrons. The van der Waals surface area contributed by atoms with Gasteiger partial charge in [0.15, 0.2) is 0 Å². The van der Waals surface area contributed by atoms with Crippen molar-refractivity contribution in [3.8, 4) is 0 Å². The van der Waals surface area contributed by atoms with Crippen LogP contribution in [0.2, 0.25) is 0 Å². The summed E-state index contributed by atoms with van der Waals surface area (Å²) in [4.78, 5) is 23.4. The van der Waals surface area contributed by atoms with E-state index >= 15 is 0 Å². The van der Waals surface area contributed by atoms with Gasteiger partial charge in [0.25, 0.3) is 0 Å². The average molecular weight is 309 g/mol. The van der Waals surface area contributed by atoms with Crippen LogP contribution in [-0.2, 0) is 9.59 Å². The van der Waals surface area contributed by atoms with Crippen LogP contribution in [0.5, 0.6) is 0 Å². The maximum atomic E-state index is 11.9. The van der Waals surface area contributed by atoms with E-state index in [0.717, 1.165) is 17.7 Å². The molecule has 0 bridgehead atoms. The van der Waals surface area contributed by atoms with E-state index in [1.807, 2.05) is 38.1 Å². The number of carbonyl (C=O) groups excluding carboxylic acids is 1. The first-order chi connectivity index (χ1) is 9.99. The molecule has 1 atom stereocenters. The molecule has 21 heavy (non-hydrogen) atoms. The Balaban J connectivity index is 2.19. The minimum Gasteiger partial charge on any atom is -0.481 e. The molecule has 0 fully saturated rings. The first-order valence-corrected chi connectivity index (χ1v) is 8.10. The highest BCUT2D eigenvalue weighted by atomic mass is 32.2. The first-order valence-electron chi connectivity index (χ1n) is 7.22. The van der Waals surface area contributed by atoms with Crippen LogP contribution in [0.3, 0.4) is 0 Å². The number of rotatable bonds is 9. The van der Waals surface area contributed by atoms with Crippen LogP contribution >= 0.6 is 11.8 Å². The van der Waals surface area contributed by atoms with Crippen LogP contribution in [0.4, 0.5) is 0 Å². The monoisotopic (exact) mass is 309 g/mol. The summed E-state index contributed by atoms with van der Waals surface area (Å²) in [5, 5.41) is 11.3. The van der Waals surface area contributed by atoms with Crippen molar-refractivity contribution in [2.45, 2.75) is 49.7 Å². The number of amides is 1. The van der Waals surface area contributed by atoms with Gasteiger partial charge in [0, 0.05) is 17.9 Å². The van der Waals surface area contributed by atoms with Crippen molar-refractivity contribution < 1.29 is 14.7 Å². The lowest BCUT2D eigenvalue weighted by Crippen LogP contribution is -2.31. The number of hydrogen-bond acceptors (Lipinski definition) is 3. The molecule has 0 aliphatic heterocycles. The fraction of sp³-hybridized carbons (Fsp3) is 0.500. The summed E-state index contributed by atoms with van der Waals surface area (Å²) in [5.74, 6) is -0.735. The third-order valence-electron chi connectivity index (χ3n) is 3.07. The Morgan fingerprint density at radius 3 is 2.48 bits per heavy atom. The van der Waals surface area contributed by atoms with E-state index in [9.17, 15) is 9.59 Å². The minimum atomic E-state index is -0.762. The molecule has 0 aromatic heterocycles. The highest BCUT2D eigenvalue weighted by Gasteiger charge is 2.13. The molecule has 0 aliphatic rings. The Kier molecular flexibility index (Phi) is 7.90. The topological polar surface area (TPSA) is 66.4 Å². The Hall–Kier alpha value is -1.49. The van der Waals surface area contributed by atoms with E-state index in [1.54, 1.807) is 11.8 Å². The quantitative estimate of drug-likeness (QED) is 0.543. The van der Waals surface area contributed by atoms with Gasteiger partial charge in [-0.05, 0) is 38.8 Å². The maximum absolute atomic E-state index is 11.9. The molecule has 0 heterocycles. The smallest absolute Gasteiger partial charge is 0.303 e. The molecule has 1 aromatic rings. The third-order valence-corrected chi connectivity index (χ3v) is 4.18. The number of aliphatic carboxylic acids is 1. The zero-order valence-electron chi connectivity index (χ0n) is 12.6. The number of carboxylic acid groups (broad SMARTS) is 1. The molecule has 1 rings (SSSR count). The molecular weight excluding hydrogens is 286 g/mol. The molecule has 1 amide bonds. The van der Waals surface area contributed by atoms with Gasteiger partial charge in [-0.3, -0.25) is 9.59 Å². The Labute approximate surface area is 130 Å². The molecule has 0 aliphatic carbocycles. The summed E-state index contributed by atoms with van der Waals surface area (Å²) < 4.78 is 0. The van der Waals surface area contributed by atoms with Crippen molar-refractivity contribution in [3.63, 3.8) is 0 Å². The Bertz CT molecular complexity index is 459. The summed E-state index contributed by atoms with van der Waals surface area (Å²) >= 11 is 1.54. The van der Waals surface area contributed by atoms with Crippen LogP contribution < -0.4 is 5.32 Å². The van der Waals surface area contributed by atoms with Crippen molar-refractivity contribution in [2.75, 3.05) is 6.54 Å². The second-order valence-electron chi connectivity index (χ2n) is 5.07. The first kappa shape index (κ1) is 17.6. The van der Waals surface area contributed by atoms with Crippen LogP contribution in [0, 0.1) is 6.92 Å². The van der Waals surface area contributed by atoms with E-state index in [1.165, 1.54) is 5.56 Å². The van der Waals surface area contributed by atoms with Crippen LogP contribution in [0.15, 0.2) is 29.2 Å². The fourth-order valence-corrected chi connectivity index (χ4v) is 2.70. The average Bonchev–Trinajstić information content (AvgIpc) is 2.44. The zero-order chi connectivity index (χ0) is 15.7. The van der Waals surface area contributed by atoms with Gasteiger partial charge in [0.1, 0.15) is 0 Å². The lowest BCUT2D eigenvalue weighted by molar-refractivity contribution is -0.137. The van der Waals surface area contributed by atoms with E-state index in [4.69, 9.17) is 5.11 Å². The largest absolute Gasteiger partial charge is 0.481 e. The van der Waals surface area contributed by atoms with E-state index in [-0.39, 0.29) is 17.6 Å². The van der Waals surface area contributed by atoms with Crippen molar-refractivity contribution in [1.82, 2.24) is 5.32 Å². The van der Waals surface area contributed by atoms with Gasteiger partial charge in [-0.1, -0.05) is 24.1 Å². The molecule has 5 heteroatoms. The molecule has 0 saturated heterocycles. The zero-order valence-corrected chi connectivity index (χ0v) is 13.4. The van der Waals surface area contributed by atoms with Gasteiger partial charge in [-0.15, -0.1) is 11.8 Å². The number of aryl methyl sites for hydroxylation is 1. The van der Waals surface area contributed by atoms with E-state index < -0.39 is 5.97 Å². The minimum absolute atomic E-state index is 0.0267. The highest BCUT2D eigenvalue weighted by molar-refractivity contribution is 8.00. The second kappa shape index (κ2) is 9.45. The summed E-state index contributed by atoms with van der Waals surface area (Å²) in [6.45, 7) is 4.54.